The molecule has 0 saturated carbocycles. The van der Waals surface area contributed by atoms with E-state index in [1.54, 1.807) is 0 Å². The van der Waals surface area contributed by atoms with Gasteiger partial charge in [0.25, 0.3) is 0 Å². The van der Waals surface area contributed by atoms with Gasteiger partial charge in [0.15, 0.2) is 5.69 Å². The molecule has 0 bridgehead atoms. The summed E-state index contributed by atoms with van der Waals surface area (Å²) in [6, 6.07) is 0. The third-order valence-corrected chi connectivity index (χ3v) is 0.974. The van der Waals surface area contributed by atoms with E-state index in [4.69, 9.17) is 10.6 Å². The van der Waals surface area contributed by atoms with E-state index < -0.39 is 11.7 Å². The summed E-state index contributed by atoms with van der Waals surface area (Å²) in [7, 11) is 0. The Balaban J connectivity index is 3.26. The third-order valence-electron chi connectivity index (χ3n) is 0.974. The number of carbonyl (C=O) groups is 1. The first-order chi connectivity index (χ1) is 5.75. The molecule has 0 spiro atoms. The Labute approximate surface area is 65.5 Å². The fourth-order valence-electron chi connectivity index (χ4n) is 0.537. The molecule has 1 rings (SSSR count). The van der Waals surface area contributed by atoms with Crippen molar-refractivity contribution in [1.29, 1.82) is 0 Å². The summed E-state index contributed by atoms with van der Waals surface area (Å²) in [5, 5.41) is 21.1. The van der Waals surface area contributed by atoms with Gasteiger partial charge in [0, 0.05) is 4.91 Å². The molecule has 12 heavy (non-hydrogen) atoms. The third kappa shape index (κ3) is 1.44. The molecule has 8 heteroatoms. The lowest BCUT2D eigenvalue weighted by atomic mass is 10.4. The van der Waals surface area contributed by atoms with Crippen molar-refractivity contribution in [2.75, 3.05) is 0 Å². The van der Waals surface area contributed by atoms with Crippen molar-refractivity contribution in [2.45, 2.75) is 0 Å². The molecule has 0 unspecified atom stereocenters. The molecule has 1 heterocycles. The SMILES string of the molecule is [N-]=[N+]=Nc1cnnnc1C(=O)O. The molecule has 0 radical (unpaired) electrons. The van der Waals surface area contributed by atoms with Crippen LogP contribution in [0.1, 0.15) is 10.5 Å². The number of nitrogens with zero attached hydrogens (tertiary/aromatic N) is 6. The molecule has 0 aromatic carbocycles. The second-order valence-corrected chi connectivity index (χ2v) is 1.66. The van der Waals surface area contributed by atoms with Gasteiger partial charge in [-0.1, -0.05) is 5.11 Å². The standard InChI is InChI=1S/C4H2N6O2/c5-9-7-2-1-6-10-8-3(2)4(11)12/h1H,(H,11,12). The highest BCUT2D eigenvalue weighted by Gasteiger charge is 2.10. The fourth-order valence-corrected chi connectivity index (χ4v) is 0.537. The zero-order valence-electron chi connectivity index (χ0n) is 5.62. The average molecular weight is 166 g/mol. The van der Waals surface area contributed by atoms with Crippen molar-refractivity contribution in [3.63, 3.8) is 0 Å². The van der Waals surface area contributed by atoms with E-state index in [-0.39, 0.29) is 5.69 Å². The van der Waals surface area contributed by atoms with Gasteiger partial charge in [0.05, 0.1) is 11.9 Å². The summed E-state index contributed by atoms with van der Waals surface area (Å²) in [6.07, 6.45) is 1.02. The van der Waals surface area contributed by atoms with E-state index in [1.807, 2.05) is 0 Å². The second-order valence-electron chi connectivity index (χ2n) is 1.66. The van der Waals surface area contributed by atoms with Crippen LogP contribution in [0.4, 0.5) is 5.69 Å². The largest absolute Gasteiger partial charge is 0.476 e. The highest BCUT2D eigenvalue weighted by molar-refractivity contribution is 5.90. The van der Waals surface area contributed by atoms with E-state index in [0.717, 1.165) is 6.20 Å². The van der Waals surface area contributed by atoms with E-state index in [2.05, 4.69) is 25.4 Å². The minimum absolute atomic E-state index is 0.153. The molecule has 0 atom stereocenters. The van der Waals surface area contributed by atoms with Gasteiger partial charge in [-0.15, -0.1) is 10.2 Å². The van der Waals surface area contributed by atoms with Gasteiger partial charge in [0.2, 0.25) is 0 Å². The Morgan fingerprint density at radius 3 is 3.08 bits per heavy atom. The molecule has 0 aliphatic carbocycles. The van der Waals surface area contributed by atoms with Crippen LogP contribution in [-0.2, 0) is 0 Å². The predicted molar refractivity (Wildman–Crippen MR) is 35.6 cm³/mol. The van der Waals surface area contributed by atoms with Crippen molar-refractivity contribution < 1.29 is 9.90 Å². The van der Waals surface area contributed by atoms with Gasteiger partial charge in [0.1, 0.15) is 0 Å². The van der Waals surface area contributed by atoms with Crippen LogP contribution in [-0.4, -0.2) is 26.5 Å². The molecular formula is C4H2N6O2. The molecular weight excluding hydrogens is 164 g/mol. The predicted octanol–water partition coefficient (Wildman–Crippen LogP) is 0.512. The molecule has 0 aliphatic rings. The van der Waals surface area contributed by atoms with E-state index >= 15 is 0 Å². The smallest absolute Gasteiger partial charge is 0.357 e. The molecule has 60 valence electrons. The van der Waals surface area contributed by atoms with Crippen molar-refractivity contribution in [3.05, 3.63) is 22.3 Å². The topological polar surface area (TPSA) is 125 Å². The maximum atomic E-state index is 10.4. The van der Waals surface area contributed by atoms with Crippen LogP contribution in [0.25, 0.3) is 10.4 Å². The Morgan fingerprint density at radius 1 is 1.75 bits per heavy atom. The van der Waals surface area contributed by atoms with Gasteiger partial charge in [-0.3, -0.25) is 0 Å². The quantitative estimate of drug-likeness (QED) is 0.389. The first-order valence-corrected chi connectivity index (χ1v) is 2.72. The van der Waals surface area contributed by atoms with E-state index in [1.165, 1.54) is 0 Å². The maximum Gasteiger partial charge on any atom is 0.357 e. The van der Waals surface area contributed by atoms with Crippen LogP contribution in [0, 0.1) is 0 Å². The second kappa shape index (κ2) is 3.26. The van der Waals surface area contributed by atoms with E-state index in [0.29, 0.717) is 0 Å². The van der Waals surface area contributed by atoms with Crippen LogP contribution >= 0.6 is 0 Å². The van der Waals surface area contributed by atoms with Crippen LogP contribution in [0.2, 0.25) is 0 Å². The molecule has 0 fully saturated rings. The molecule has 1 N–H and O–H groups in total. The number of azide groups is 1. The highest BCUT2D eigenvalue weighted by Crippen LogP contribution is 2.13. The van der Waals surface area contributed by atoms with Crippen molar-refractivity contribution in [2.24, 2.45) is 5.11 Å². The van der Waals surface area contributed by atoms with Crippen molar-refractivity contribution in [1.82, 2.24) is 15.4 Å². The minimum atomic E-state index is -1.31. The van der Waals surface area contributed by atoms with Gasteiger partial charge in [-0.25, -0.2) is 4.79 Å². The maximum absolute atomic E-state index is 10.4. The molecule has 0 saturated heterocycles. The number of hydrogen-bond acceptors (Lipinski definition) is 5. The number of hydrogen-bond donors (Lipinski definition) is 1. The number of carboxylic acid groups (broad SMARTS) is 1. The Kier molecular flexibility index (Phi) is 2.14. The highest BCUT2D eigenvalue weighted by atomic mass is 16.4. The monoisotopic (exact) mass is 166 g/mol. The van der Waals surface area contributed by atoms with Gasteiger partial charge in [-0.2, -0.15) is 0 Å². The molecule has 1 aromatic rings. The van der Waals surface area contributed by atoms with Gasteiger partial charge in [-0.05, 0) is 10.7 Å². The van der Waals surface area contributed by atoms with Crippen LogP contribution in [0.3, 0.4) is 0 Å². The van der Waals surface area contributed by atoms with E-state index in [9.17, 15) is 4.79 Å². The lowest BCUT2D eigenvalue weighted by Crippen LogP contribution is -2.02. The Morgan fingerprint density at radius 2 is 2.50 bits per heavy atom. The number of aromatic carboxylic acids is 1. The molecule has 0 aliphatic heterocycles. The Hall–Kier alpha value is -2.21. The molecule has 8 nitrogen and oxygen atoms in total. The normalized spacial score (nSPS) is 8.67. The summed E-state index contributed by atoms with van der Waals surface area (Å²) < 4.78 is 0. The zero-order chi connectivity index (χ0) is 8.97. The van der Waals surface area contributed by atoms with Crippen LogP contribution < -0.4 is 0 Å². The number of aromatic nitrogens is 3. The fraction of sp³-hybridized carbons (Fsp3) is 0. The summed E-state index contributed by atoms with van der Waals surface area (Å²) in [6.45, 7) is 0. The van der Waals surface area contributed by atoms with Gasteiger partial charge >= 0.3 is 5.97 Å². The lowest BCUT2D eigenvalue weighted by molar-refractivity contribution is 0.0689. The van der Waals surface area contributed by atoms with Crippen molar-refractivity contribution >= 4 is 11.7 Å². The first-order valence-electron chi connectivity index (χ1n) is 2.72. The summed E-state index contributed by atoms with van der Waals surface area (Å²) in [4.78, 5) is 12.8. The summed E-state index contributed by atoms with van der Waals surface area (Å²) in [5.41, 5.74) is 7.45. The van der Waals surface area contributed by atoms with Crippen LogP contribution in [0.15, 0.2) is 11.3 Å². The number of carboxylic acids is 1. The average Bonchev–Trinajstić information content (AvgIpc) is 2.05. The van der Waals surface area contributed by atoms with Crippen molar-refractivity contribution in [3.8, 4) is 0 Å². The summed E-state index contributed by atoms with van der Waals surface area (Å²) >= 11 is 0. The lowest BCUT2D eigenvalue weighted by Gasteiger charge is -1.92. The summed E-state index contributed by atoms with van der Waals surface area (Å²) in [5.74, 6) is -1.31. The number of rotatable bonds is 2. The molecule has 0 amide bonds. The van der Waals surface area contributed by atoms with Gasteiger partial charge < -0.3 is 5.11 Å². The minimum Gasteiger partial charge on any atom is -0.476 e. The molecule has 1 aromatic heterocycles. The first kappa shape index (κ1) is 7.89. The van der Waals surface area contributed by atoms with Crippen LogP contribution in [0.5, 0.6) is 0 Å². The zero-order valence-corrected chi connectivity index (χ0v) is 5.62. The Bertz CT molecular complexity index is 335.